The summed E-state index contributed by atoms with van der Waals surface area (Å²) < 4.78 is 0. The van der Waals surface area contributed by atoms with Gasteiger partial charge in [0.15, 0.2) is 0 Å². The Balaban J connectivity index is 3.56. The Morgan fingerprint density at radius 2 is 2.20 bits per heavy atom. The molecule has 0 N–H and O–H groups in total. The molecule has 0 aromatic heterocycles. The van der Waals surface area contributed by atoms with Crippen LogP contribution >= 0.6 is 11.6 Å². The van der Waals surface area contributed by atoms with Crippen LogP contribution < -0.4 is 0 Å². The van der Waals surface area contributed by atoms with Crippen molar-refractivity contribution in [3.8, 4) is 0 Å². The first-order valence-electron chi connectivity index (χ1n) is 3.48. The summed E-state index contributed by atoms with van der Waals surface area (Å²) in [6.07, 6.45) is 1.08. The molecule has 0 heterocycles. The molecule has 1 unspecified atom stereocenters. The van der Waals surface area contributed by atoms with E-state index in [0.29, 0.717) is 5.92 Å². The van der Waals surface area contributed by atoms with Gasteiger partial charge >= 0.3 is 5.37 Å². The van der Waals surface area contributed by atoms with E-state index < -0.39 is 0 Å². The van der Waals surface area contributed by atoms with Crippen LogP contribution in [0.5, 0.6) is 0 Å². The summed E-state index contributed by atoms with van der Waals surface area (Å²) in [6.45, 7) is 4.94. The molecular weight excluding hydrogens is 150 g/mol. The molecule has 0 radical (unpaired) electrons. The molecule has 0 spiro atoms. The molecule has 0 saturated carbocycles. The van der Waals surface area contributed by atoms with E-state index in [9.17, 15) is 4.79 Å². The SMILES string of the molecule is CCC(C)CN(C)C(=O)Cl. The number of carbonyl (C=O) groups is 1. The van der Waals surface area contributed by atoms with Crippen molar-refractivity contribution in [2.75, 3.05) is 13.6 Å². The van der Waals surface area contributed by atoms with Gasteiger partial charge in [0.1, 0.15) is 0 Å². The normalized spacial score (nSPS) is 12.8. The fourth-order valence-electron chi connectivity index (χ4n) is 0.668. The molecule has 0 fully saturated rings. The van der Waals surface area contributed by atoms with Crippen LogP contribution in [-0.4, -0.2) is 23.9 Å². The van der Waals surface area contributed by atoms with Gasteiger partial charge < -0.3 is 4.90 Å². The predicted molar refractivity (Wildman–Crippen MR) is 43.3 cm³/mol. The monoisotopic (exact) mass is 163 g/mol. The summed E-state index contributed by atoms with van der Waals surface area (Å²) >= 11 is 5.22. The van der Waals surface area contributed by atoms with Crippen LogP contribution in [0.3, 0.4) is 0 Å². The van der Waals surface area contributed by atoms with Gasteiger partial charge in [-0.1, -0.05) is 20.3 Å². The van der Waals surface area contributed by atoms with Gasteiger partial charge in [-0.05, 0) is 17.5 Å². The number of halogens is 1. The van der Waals surface area contributed by atoms with E-state index in [2.05, 4.69) is 13.8 Å². The van der Waals surface area contributed by atoms with Gasteiger partial charge in [-0.15, -0.1) is 0 Å². The summed E-state index contributed by atoms with van der Waals surface area (Å²) in [5.41, 5.74) is 0. The first kappa shape index (κ1) is 9.76. The lowest BCUT2D eigenvalue weighted by molar-refractivity contribution is 0.225. The minimum atomic E-state index is -0.375. The molecule has 10 heavy (non-hydrogen) atoms. The van der Waals surface area contributed by atoms with Crippen LogP contribution in [0.25, 0.3) is 0 Å². The first-order valence-corrected chi connectivity index (χ1v) is 3.86. The molecule has 0 aliphatic carbocycles. The van der Waals surface area contributed by atoms with E-state index in [1.54, 1.807) is 7.05 Å². The Hall–Kier alpha value is -0.240. The van der Waals surface area contributed by atoms with Crippen molar-refractivity contribution in [3.05, 3.63) is 0 Å². The molecule has 0 aliphatic rings. The summed E-state index contributed by atoms with van der Waals surface area (Å²) in [5, 5.41) is -0.375. The number of hydrogen-bond donors (Lipinski definition) is 0. The Morgan fingerprint density at radius 1 is 1.70 bits per heavy atom. The number of rotatable bonds is 3. The topological polar surface area (TPSA) is 20.3 Å². The Kier molecular flexibility index (Phi) is 4.45. The van der Waals surface area contributed by atoms with Crippen molar-refractivity contribution in [1.29, 1.82) is 0 Å². The minimum absolute atomic E-state index is 0.375. The molecule has 0 aromatic rings. The van der Waals surface area contributed by atoms with Crippen LogP contribution in [0, 0.1) is 5.92 Å². The molecule has 60 valence electrons. The smallest absolute Gasteiger partial charge is 0.316 e. The van der Waals surface area contributed by atoms with Crippen molar-refractivity contribution >= 4 is 17.0 Å². The van der Waals surface area contributed by atoms with Gasteiger partial charge in [0.05, 0.1) is 0 Å². The van der Waals surface area contributed by atoms with E-state index in [0.717, 1.165) is 13.0 Å². The molecule has 0 aliphatic heterocycles. The lowest BCUT2D eigenvalue weighted by atomic mass is 10.1. The van der Waals surface area contributed by atoms with Gasteiger partial charge in [-0.2, -0.15) is 0 Å². The van der Waals surface area contributed by atoms with Gasteiger partial charge in [0, 0.05) is 13.6 Å². The van der Waals surface area contributed by atoms with Gasteiger partial charge in [-0.3, -0.25) is 4.79 Å². The zero-order valence-corrected chi connectivity index (χ0v) is 7.48. The van der Waals surface area contributed by atoms with Crippen LogP contribution in [0.1, 0.15) is 20.3 Å². The third-order valence-electron chi connectivity index (χ3n) is 1.58. The maximum Gasteiger partial charge on any atom is 0.316 e. The number of hydrogen-bond acceptors (Lipinski definition) is 1. The average Bonchev–Trinajstić information content (AvgIpc) is 1.87. The molecule has 0 bridgehead atoms. The van der Waals surface area contributed by atoms with Crippen molar-refractivity contribution in [3.63, 3.8) is 0 Å². The summed E-state index contributed by atoms with van der Waals surface area (Å²) in [5.74, 6) is 0.535. The second-order valence-corrected chi connectivity index (χ2v) is 2.97. The fraction of sp³-hybridized carbons (Fsp3) is 0.857. The summed E-state index contributed by atoms with van der Waals surface area (Å²) in [4.78, 5) is 12.0. The molecule has 0 saturated heterocycles. The lowest BCUT2D eigenvalue weighted by Crippen LogP contribution is -2.26. The average molecular weight is 164 g/mol. The molecule has 2 nitrogen and oxygen atoms in total. The van der Waals surface area contributed by atoms with E-state index in [1.807, 2.05) is 0 Å². The third-order valence-corrected chi connectivity index (χ3v) is 1.87. The van der Waals surface area contributed by atoms with Crippen molar-refractivity contribution in [1.82, 2.24) is 4.90 Å². The fourth-order valence-corrected chi connectivity index (χ4v) is 0.737. The van der Waals surface area contributed by atoms with Crippen LogP contribution in [-0.2, 0) is 0 Å². The molecular formula is C7H14ClNO. The molecule has 0 rings (SSSR count). The third kappa shape index (κ3) is 3.72. The highest BCUT2D eigenvalue weighted by Gasteiger charge is 2.07. The summed E-state index contributed by atoms with van der Waals surface area (Å²) in [6, 6.07) is 0. The Labute approximate surface area is 67.2 Å². The Bertz CT molecular complexity index is 116. The maximum atomic E-state index is 10.5. The van der Waals surface area contributed by atoms with Gasteiger partial charge in [0.25, 0.3) is 0 Å². The van der Waals surface area contributed by atoms with Crippen molar-refractivity contribution in [2.45, 2.75) is 20.3 Å². The standard InChI is InChI=1S/C7H14ClNO/c1-4-6(2)5-9(3)7(8)10/h6H,4-5H2,1-3H3. The van der Waals surface area contributed by atoms with Crippen LogP contribution in [0.15, 0.2) is 0 Å². The van der Waals surface area contributed by atoms with Crippen LogP contribution in [0.2, 0.25) is 0 Å². The van der Waals surface area contributed by atoms with Crippen LogP contribution in [0.4, 0.5) is 4.79 Å². The highest BCUT2D eigenvalue weighted by molar-refractivity contribution is 6.62. The quantitative estimate of drug-likeness (QED) is 0.462. The lowest BCUT2D eigenvalue weighted by Gasteiger charge is -2.17. The second-order valence-electron chi connectivity index (χ2n) is 2.65. The highest BCUT2D eigenvalue weighted by Crippen LogP contribution is 2.03. The minimum Gasteiger partial charge on any atom is -0.332 e. The van der Waals surface area contributed by atoms with Gasteiger partial charge in [0.2, 0.25) is 0 Å². The second kappa shape index (κ2) is 4.56. The van der Waals surface area contributed by atoms with Crippen molar-refractivity contribution < 1.29 is 4.79 Å². The zero-order chi connectivity index (χ0) is 8.15. The molecule has 0 aromatic carbocycles. The number of carbonyl (C=O) groups excluding carboxylic acids is 1. The van der Waals surface area contributed by atoms with E-state index in [4.69, 9.17) is 11.6 Å². The molecule has 3 heteroatoms. The predicted octanol–water partition coefficient (Wildman–Crippen LogP) is 2.32. The molecule has 1 atom stereocenters. The number of nitrogens with zero attached hydrogens (tertiary/aromatic N) is 1. The van der Waals surface area contributed by atoms with E-state index >= 15 is 0 Å². The zero-order valence-electron chi connectivity index (χ0n) is 6.72. The molecule has 1 amide bonds. The van der Waals surface area contributed by atoms with Crippen molar-refractivity contribution in [2.24, 2.45) is 5.92 Å². The maximum absolute atomic E-state index is 10.5. The largest absolute Gasteiger partial charge is 0.332 e. The van der Waals surface area contributed by atoms with E-state index in [1.165, 1.54) is 4.90 Å². The first-order chi connectivity index (χ1) is 4.57. The number of amides is 1. The Morgan fingerprint density at radius 3 is 2.50 bits per heavy atom. The van der Waals surface area contributed by atoms with E-state index in [-0.39, 0.29) is 5.37 Å². The summed E-state index contributed by atoms with van der Waals surface area (Å²) in [7, 11) is 1.71. The van der Waals surface area contributed by atoms with Gasteiger partial charge in [-0.25, -0.2) is 0 Å². The highest BCUT2D eigenvalue weighted by atomic mass is 35.5.